The Bertz CT molecular complexity index is 201. The topological polar surface area (TPSA) is 12.9 Å². The number of rotatable bonds is 0. The summed E-state index contributed by atoms with van der Waals surface area (Å²) in [6, 6.07) is 3.99. The molecule has 0 aliphatic carbocycles. The van der Waals surface area contributed by atoms with Crippen LogP contribution in [0, 0.1) is 6.20 Å². The molecule has 1 heterocycles. The number of aromatic nitrogens is 1. The van der Waals surface area contributed by atoms with E-state index in [1.807, 2.05) is 12.1 Å². The second-order valence-corrected chi connectivity index (χ2v) is 3.41. The molecule has 0 saturated carbocycles. The molecule has 0 aliphatic heterocycles. The molecule has 0 aliphatic rings. The van der Waals surface area contributed by atoms with Gasteiger partial charge in [-0.1, -0.05) is 33.2 Å². The van der Waals surface area contributed by atoms with Crippen molar-refractivity contribution in [3.8, 4) is 0 Å². The van der Waals surface area contributed by atoms with Crippen LogP contribution in [-0.2, 0) is 5.41 Å². The molecule has 1 aromatic heterocycles. The van der Waals surface area contributed by atoms with Gasteiger partial charge in [0.05, 0.1) is 0 Å². The average Bonchev–Trinajstić information content (AvgIpc) is 1.88. The molecule has 2 heteroatoms. The Morgan fingerprint density at radius 1 is 1.36 bits per heavy atom. The van der Waals surface area contributed by atoms with Crippen molar-refractivity contribution in [3.63, 3.8) is 0 Å². The van der Waals surface area contributed by atoms with Crippen molar-refractivity contribution in [2.75, 3.05) is 0 Å². The number of hydrogen-bond donors (Lipinski definition) is 0. The van der Waals surface area contributed by atoms with Gasteiger partial charge in [-0.15, -0.1) is 5.56 Å². The van der Waals surface area contributed by atoms with E-state index in [-0.39, 0.29) is 24.3 Å². The molecule has 54 valence electrons. The van der Waals surface area contributed by atoms with Gasteiger partial charge < -0.3 is 4.98 Å². The van der Waals surface area contributed by atoms with E-state index < -0.39 is 0 Å². The zero-order valence-corrected chi connectivity index (χ0v) is 7.68. The van der Waals surface area contributed by atoms with Crippen molar-refractivity contribution in [1.82, 2.24) is 4.98 Å². The predicted molar refractivity (Wildman–Crippen MR) is 41.8 cm³/mol. The molecule has 0 unspecified atom stereocenters. The summed E-state index contributed by atoms with van der Waals surface area (Å²) in [7, 11) is 0. The average molecular weight is 141 g/mol. The quantitative estimate of drug-likeness (QED) is 0.340. The minimum atomic E-state index is 0. The Kier molecular flexibility index (Phi) is 3.86. The third kappa shape index (κ3) is 3.10. The molecule has 11 heavy (non-hydrogen) atoms. The zero-order chi connectivity index (χ0) is 7.61. The fourth-order valence-electron chi connectivity index (χ4n) is 0.744. The molecular weight excluding hydrogens is 129 g/mol. The Labute approximate surface area is 80.4 Å². The molecule has 0 spiro atoms. The summed E-state index contributed by atoms with van der Waals surface area (Å²) in [5.41, 5.74) is 1.34. The Morgan fingerprint density at radius 2 is 2.00 bits per heavy atom. The van der Waals surface area contributed by atoms with Gasteiger partial charge in [-0.2, -0.15) is 12.1 Å². The number of hydrogen-bond acceptors (Lipinski definition) is 1. The summed E-state index contributed by atoms with van der Waals surface area (Å²) < 4.78 is 0. The standard InChI is InChI=1S/C9H12N.Li/c1-9(2,3)8-5-4-6-10-7-8;/h4-6H,1-3H3;/q-1;+1. The third-order valence-electron chi connectivity index (χ3n) is 1.42. The molecule has 0 N–H and O–H groups in total. The van der Waals surface area contributed by atoms with Crippen molar-refractivity contribution in [2.45, 2.75) is 26.2 Å². The first-order valence-corrected chi connectivity index (χ1v) is 3.44. The second kappa shape index (κ2) is 3.95. The van der Waals surface area contributed by atoms with Gasteiger partial charge in [-0.3, -0.25) is 0 Å². The van der Waals surface area contributed by atoms with Gasteiger partial charge in [0, 0.05) is 0 Å². The molecule has 1 aromatic rings. The normalized spacial score (nSPS) is 10.5. The van der Waals surface area contributed by atoms with Crippen molar-refractivity contribution >= 4 is 0 Å². The fourth-order valence-corrected chi connectivity index (χ4v) is 0.744. The van der Waals surface area contributed by atoms with Gasteiger partial charge in [0.1, 0.15) is 0 Å². The van der Waals surface area contributed by atoms with Gasteiger partial charge in [0.15, 0.2) is 0 Å². The maximum Gasteiger partial charge on any atom is 1.00 e. The van der Waals surface area contributed by atoms with E-state index in [1.54, 1.807) is 6.20 Å². The van der Waals surface area contributed by atoms with Gasteiger partial charge in [0.25, 0.3) is 0 Å². The molecule has 1 nitrogen and oxygen atoms in total. The molecule has 1 rings (SSSR count). The van der Waals surface area contributed by atoms with Crippen LogP contribution in [0.3, 0.4) is 0 Å². The van der Waals surface area contributed by atoms with Crippen LogP contribution in [0.4, 0.5) is 0 Å². The van der Waals surface area contributed by atoms with Crippen molar-refractivity contribution in [1.29, 1.82) is 0 Å². The smallest absolute Gasteiger partial charge is 0.394 e. The van der Waals surface area contributed by atoms with Crippen LogP contribution < -0.4 is 18.9 Å². The summed E-state index contributed by atoms with van der Waals surface area (Å²) in [6.07, 6.45) is 4.70. The second-order valence-electron chi connectivity index (χ2n) is 3.41. The molecule has 0 bridgehead atoms. The summed E-state index contributed by atoms with van der Waals surface area (Å²) >= 11 is 0. The van der Waals surface area contributed by atoms with Gasteiger partial charge in [0.2, 0.25) is 0 Å². The molecule has 0 saturated heterocycles. The molecule has 0 atom stereocenters. The van der Waals surface area contributed by atoms with Crippen molar-refractivity contribution in [2.24, 2.45) is 0 Å². The fraction of sp³-hybridized carbons (Fsp3) is 0.444. The van der Waals surface area contributed by atoms with Gasteiger partial charge in [-0.05, 0) is 5.41 Å². The largest absolute Gasteiger partial charge is 1.00 e. The maximum absolute atomic E-state index is 3.93. The van der Waals surface area contributed by atoms with Crippen molar-refractivity contribution in [3.05, 3.63) is 30.1 Å². The first-order chi connectivity index (χ1) is 4.61. The van der Waals surface area contributed by atoms with E-state index in [0.29, 0.717) is 0 Å². The van der Waals surface area contributed by atoms with Crippen LogP contribution in [0.15, 0.2) is 18.3 Å². The third-order valence-corrected chi connectivity index (χ3v) is 1.42. The van der Waals surface area contributed by atoms with E-state index >= 15 is 0 Å². The van der Waals surface area contributed by atoms with Gasteiger partial charge >= 0.3 is 18.9 Å². The van der Waals surface area contributed by atoms with Crippen LogP contribution in [0.25, 0.3) is 0 Å². The van der Waals surface area contributed by atoms with E-state index in [9.17, 15) is 0 Å². The summed E-state index contributed by atoms with van der Waals surface area (Å²) in [5.74, 6) is 0. The summed E-state index contributed by atoms with van der Waals surface area (Å²) in [6.45, 7) is 6.46. The molecule has 0 radical (unpaired) electrons. The van der Waals surface area contributed by atoms with Crippen LogP contribution in [-0.4, -0.2) is 4.98 Å². The van der Waals surface area contributed by atoms with Crippen molar-refractivity contribution < 1.29 is 18.9 Å². The van der Waals surface area contributed by atoms with E-state index in [2.05, 4.69) is 32.0 Å². The minimum absolute atomic E-state index is 0. The molecule has 0 aromatic carbocycles. The molecular formula is C9H12LiN. The van der Waals surface area contributed by atoms with E-state index in [1.165, 1.54) is 0 Å². The number of pyridine rings is 1. The summed E-state index contributed by atoms with van der Waals surface area (Å²) in [5, 5.41) is 0. The zero-order valence-electron chi connectivity index (χ0n) is 7.68. The predicted octanol–water partition coefficient (Wildman–Crippen LogP) is -0.817. The Morgan fingerprint density at radius 3 is 2.27 bits per heavy atom. The molecule has 0 fully saturated rings. The molecule has 0 amide bonds. The Balaban J connectivity index is 0.000001000. The Hall–Kier alpha value is -0.253. The number of nitrogens with zero attached hydrogens (tertiary/aromatic N) is 1. The summed E-state index contributed by atoms with van der Waals surface area (Å²) in [4.78, 5) is 3.93. The van der Waals surface area contributed by atoms with Crippen LogP contribution >= 0.6 is 0 Å². The van der Waals surface area contributed by atoms with Crippen LogP contribution in [0.1, 0.15) is 26.3 Å². The maximum atomic E-state index is 3.93. The van der Waals surface area contributed by atoms with E-state index in [4.69, 9.17) is 0 Å². The monoisotopic (exact) mass is 141 g/mol. The SMILES string of the molecule is CC(C)(C)c1[c-]nccc1.[Li+]. The van der Waals surface area contributed by atoms with Crippen LogP contribution in [0.5, 0.6) is 0 Å². The minimum Gasteiger partial charge on any atom is -0.394 e. The van der Waals surface area contributed by atoms with E-state index in [0.717, 1.165) is 5.56 Å². The van der Waals surface area contributed by atoms with Crippen LogP contribution in [0.2, 0.25) is 0 Å². The first kappa shape index (κ1) is 10.7. The van der Waals surface area contributed by atoms with Gasteiger partial charge in [-0.25, -0.2) is 0 Å². The first-order valence-electron chi connectivity index (χ1n) is 3.44.